The first kappa shape index (κ1) is 22.2. The van der Waals surface area contributed by atoms with Crippen molar-refractivity contribution in [2.24, 2.45) is 4.99 Å². The Balaban J connectivity index is 1.81. The van der Waals surface area contributed by atoms with E-state index in [1.807, 2.05) is 68.4 Å². The van der Waals surface area contributed by atoms with Gasteiger partial charge in [0.2, 0.25) is 6.17 Å². The summed E-state index contributed by atoms with van der Waals surface area (Å²) in [5.41, 5.74) is 3.50. The van der Waals surface area contributed by atoms with Gasteiger partial charge in [-0.3, -0.25) is 9.59 Å². The average Bonchev–Trinajstić information content (AvgIpc) is 2.90. The Labute approximate surface area is 200 Å². The highest BCUT2D eigenvalue weighted by molar-refractivity contribution is 9.10. The SMILES string of the molecule is CC(C)N1C(=O)C(NC(=O)c2ccc(Cl)c(Br)c2)N=C(c2ccccc2)c2ccccc21. The van der Waals surface area contributed by atoms with Crippen molar-refractivity contribution < 1.29 is 9.59 Å². The Morgan fingerprint density at radius 1 is 1.06 bits per heavy atom. The molecule has 0 fully saturated rings. The van der Waals surface area contributed by atoms with Gasteiger partial charge >= 0.3 is 0 Å². The van der Waals surface area contributed by atoms with Crippen LogP contribution in [-0.4, -0.2) is 29.7 Å². The lowest BCUT2D eigenvalue weighted by atomic mass is 10.00. The molecule has 1 heterocycles. The standard InChI is InChI=1S/C25H21BrClN3O2/c1-15(2)30-21-11-7-6-10-18(21)22(16-8-4-3-5-9-16)28-23(25(30)32)29-24(31)17-12-13-20(27)19(26)14-17/h3-15,23H,1-2H3,(H,29,31). The molecule has 162 valence electrons. The lowest BCUT2D eigenvalue weighted by Gasteiger charge is -2.29. The highest BCUT2D eigenvalue weighted by Gasteiger charge is 2.34. The summed E-state index contributed by atoms with van der Waals surface area (Å²) in [5, 5.41) is 3.31. The third-order valence-electron chi connectivity index (χ3n) is 5.16. The van der Waals surface area contributed by atoms with Crippen molar-refractivity contribution in [2.45, 2.75) is 26.1 Å². The molecule has 1 unspecified atom stereocenters. The van der Waals surface area contributed by atoms with Crippen LogP contribution in [0.25, 0.3) is 0 Å². The fourth-order valence-corrected chi connectivity index (χ4v) is 4.18. The van der Waals surface area contributed by atoms with Crippen LogP contribution in [0.3, 0.4) is 0 Å². The molecular weight excluding hydrogens is 490 g/mol. The van der Waals surface area contributed by atoms with Crippen molar-refractivity contribution in [1.29, 1.82) is 0 Å². The summed E-state index contributed by atoms with van der Waals surface area (Å²) in [6.45, 7) is 3.88. The van der Waals surface area contributed by atoms with Gasteiger partial charge in [0, 0.05) is 27.2 Å². The Bertz CT molecular complexity index is 1210. The number of aliphatic imine (C=N–C) groups is 1. The molecule has 1 atom stereocenters. The minimum Gasteiger partial charge on any atom is -0.322 e. The zero-order valence-corrected chi connectivity index (χ0v) is 19.9. The first-order valence-corrected chi connectivity index (χ1v) is 11.4. The quantitative estimate of drug-likeness (QED) is 0.507. The minimum atomic E-state index is -1.08. The van der Waals surface area contributed by atoms with E-state index in [-0.39, 0.29) is 11.9 Å². The molecule has 3 aromatic rings. The summed E-state index contributed by atoms with van der Waals surface area (Å²) in [6, 6.07) is 22.1. The molecule has 4 rings (SSSR count). The van der Waals surface area contributed by atoms with Crippen LogP contribution in [0.15, 0.2) is 82.3 Å². The number of nitrogens with one attached hydrogen (secondary N) is 1. The second-order valence-corrected chi connectivity index (χ2v) is 8.93. The van der Waals surface area contributed by atoms with Crippen molar-refractivity contribution in [3.05, 3.63) is 99.0 Å². The van der Waals surface area contributed by atoms with E-state index in [9.17, 15) is 9.59 Å². The van der Waals surface area contributed by atoms with Crippen LogP contribution in [0.5, 0.6) is 0 Å². The van der Waals surface area contributed by atoms with E-state index < -0.39 is 12.1 Å². The summed E-state index contributed by atoms with van der Waals surface area (Å²) in [6.07, 6.45) is -1.08. The maximum absolute atomic E-state index is 13.6. The monoisotopic (exact) mass is 509 g/mol. The summed E-state index contributed by atoms with van der Waals surface area (Å²) >= 11 is 9.39. The number of halogens is 2. The molecule has 3 aromatic carbocycles. The number of fused-ring (bicyclic) bond motifs is 1. The second-order valence-electron chi connectivity index (χ2n) is 7.67. The lowest BCUT2D eigenvalue weighted by Crippen LogP contribution is -2.49. The van der Waals surface area contributed by atoms with Gasteiger partial charge in [0.05, 0.1) is 16.4 Å². The van der Waals surface area contributed by atoms with Gasteiger partial charge in [0.1, 0.15) is 0 Å². The van der Waals surface area contributed by atoms with E-state index in [0.717, 1.165) is 16.8 Å². The number of carbonyl (C=O) groups excluding carboxylic acids is 2. The van der Waals surface area contributed by atoms with Crippen molar-refractivity contribution >= 4 is 50.7 Å². The summed E-state index contributed by atoms with van der Waals surface area (Å²) < 4.78 is 0.601. The molecular formula is C25H21BrClN3O2. The van der Waals surface area contributed by atoms with E-state index in [1.54, 1.807) is 23.1 Å². The zero-order valence-electron chi connectivity index (χ0n) is 17.5. The molecule has 0 aliphatic carbocycles. The molecule has 1 aliphatic heterocycles. The maximum atomic E-state index is 13.6. The molecule has 1 aliphatic rings. The van der Waals surface area contributed by atoms with Crippen LogP contribution in [-0.2, 0) is 4.79 Å². The van der Waals surface area contributed by atoms with E-state index in [1.165, 1.54) is 0 Å². The van der Waals surface area contributed by atoms with E-state index in [2.05, 4.69) is 21.2 Å². The zero-order chi connectivity index (χ0) is 22.8. The van der Waals surface area contributed by atoms with Crippen molar-refractivity contribution in [2.75, 3.05) is 4.90 Å². The Morgan fingerprint density at radius 3 is 2.44 bits per heavy atom. The predicted octanol–water partition coefficient (Wildman–Crippen LogP) is 5.45. The minimum absolute atomic E-state index is 0.127. The summed E-state index contributed by atoms with van der Waals surface area (Å²) in [5.74, 6) is -0.702. The molecule has 0 radical (unpaired) electrons. The van der Waals surface area contributed by atoms with Crippen molar-refractivity contribution in [3.8, 4) is 0 Å². The van der Waals surface area contributed by atoms with E-state index in [0.29, 0.717) is 20.8 Å². The van der Waals surface area contributed by atoms with Gasteiger partial charge in [-0.2, -0.15) is 0 Å². The number of rotatable bonds is 4. The van der Waals surface area contributed by atoms with E-state index in [4.69, 9.17) is 16.6 Å². The molecule has 5 nitrogen and oxygen atoms in total. The number of hydrogen-bond acceptors (Lipinski definition) is 3. The van der Waals surface area contributed by atoms with Crippen LogP contribution in [0.4, 0.5) is 5.69 Å². The average molecular weight is 511 g/mol. The topological polar surface area (TPSA) is 61.8 Å². The number of hydrogen-bond donors (Lipinski definition) is 1. The van der Waals surface area contributed by atoms with Crippen LogP contribution in [0.2, 0.25) is 5.02 Å². The second kappa shape index (κ2) is 9.27. The fraction of sp³-hybridized carbons (Fsp3) is 0.160. The number of benzodiazepines with no additional fused rings is 1. The lowest BCUT2D eigenvalue weighted by molar-refractivity contribution is -0.120. The van der Waals surface area contributed by atoms with Gasteiger partial charge < -0.3 is 10.2 Å². The molecule has 0 aromatic heterocycles. The van der Waals surface area contributed by atoms with Gasteiger partial charge in [-0.05, 0) is 54.0 Å². The van der Waals surface area contributed by atoms with Crippen LogP contribution in [0.1, 0.15) is 35.3 Å². The number of benzene rings is 3. The molecule has 0 bridgehead atoms. The molecule has 0 saturated carbocycles. The first-order chi connectivity index (χ1) is 15.4. The highest BCUT2D eigenvalue weighted by atomic mass is 79.9. The molecule has 32 heavy (non-hydrogen) atoms. The number of para-hydroxylation sites is 1. The first-order valence-electron chi connectivity index (χ1n) is 10.2. The maximum Gasteiger partial charge on any atom is 0.272 e. The molecule has 7 heteroatoms. The van der Waals surface area contributed by atoms with Gasteiger partial charge in [-0.15, -0.1) is 0 Å². The smallest absolute Gasteiger partial charge is 0.272 e. The van der Waals surface area contributed by atoms with Crippen molar-refractivity contribution in [1.82, 2.24) is 5.32 Å². The third kappa shape index (κ3) is 4.33. The van der Waals surface area contributed by atoms with Gasteiger partial charge in [-0.25, -0.2) is 4.99 Å². The molecule has 2 amide bonds. The number of anilines is 1. The highest BCUT2D eigenvalue weighted by Crippen LogP contribution is 2.30. The van der Waals surface area contributed by atoms with Gasteiger partial charge in [0.25, 0.3) is 11.8 Å². The van der Waals surface area contributed by atoms with Crippen LogP contribution >= 0.6 is 27.5 Å². The molecule has 0 saturated heterocycles. The van der Waals surface area contributed by atoms with Crippen molar-refractivity contribution in [3.63, 3.8) is 0 Å². The Morgan fingerprint density at radius 2 is 1.75 bits per heavy atom. The fourth-order valence-electron chi connectivity index (χ4n) is 3.69. The number of carbonyl (C=O) groups is 2. The Kier molecular flexibility index (Phi) is 6.44. The largest absolute Gasteiger partial charge is 0.322 e. The normalized spacial score (nSPS) is 15.8. The van der Waals surface area contributed by atoms with Gasteiger partial charge in [-0.1, -0.05) is 60.1 Å². The summed E-state index contributed by atoms with van der Waals surface area (Å²) in [4.78, 5) is 33.1. The van der Waals surface area contributed by atoms with Gasteiger partial charge in [0.15, 0.2) is 0 Å². The summed E-state index contributed by atoms with van der Waals surface area (Å²) in [7, 11) is 0. The van der Waals surface area contributed by atoms with E-state index >= 15 is 0 Å². The van der Waals surface area contributed by atoms with Crippen LogP contribution < -0.4 is 10.2 Å². The Hall–Kier alpha value is -2.96. The number of amides is 2. The third-order valence-corrected chi connectivity index (χ3v) is 6.38. The number of nitrogens with zero attached hydrogens (tertiary/aromatic N) is 2. The molecule has 0 spiro atoms. The predicted molar refractivity (Wildman–Crippen MR) is 132 cm³/mol. The molecule has 1 N–H and O–H groups in total. The van der Waals surface area contributed by atoms with Crippen LogP contribution in [0, 0.1) is 0 Å².